The third kappa shape index (κ3) is 3.36. The number of hydrogen-bond donors (Lipinski definition) is 1. The molecule has 0 spiro atoms. The van der Waals surface area contributed by atoms with Gasteiger partial charge >= 0.3 is 5.97 Å². The minimum Gasteiger partial charge on any atom is -0.457 e. The zero-order chi connectivity index (χ0) is 13.8. The number of ether oxygens (including phenoxy) is 1. The lowest BCUT2D eigenvalue weighted by molar-refractivity contribution is 0.0473. The Morgan fingerprint density at radius 2 is 2.05 bits per heavy atom. The predicted molar refractivity (Wildman–Crippen MR) is 74.2 cm³/mol. The van der Waals surface area contributed by atoms with Gasteiger partial charge in [0, 0.05) is 23.6 Å². The van der Waals surface area contributed by atoms with Crippen molar-refractivity contribution in [3.05, 3.63) is 57.8 Å². The first-order chi connectivity index (χ1) is 9.08. The average Bonchev–Trinajstić information content (AvgIpc) is 2.37. The number of carbonyl (C=O) groups excluding carboxylic acids is 1. The van der Waals surface area contributed by atoms with Crippen molar-refractivity contribution >= 4 is 34.9 Å². The lowest BCUT2D eigenvalue weighted by atomic mass is 10.2. The van der Waals surface area contributed by atoms with Crippen LogP contribution in [0.5, 0.6) is 0 Å². The fraction of sp³-hybridized carbons (Fsp3) is 0.0769. The molecule has 0 saturated heterocycles. The summed E-state index contributed by atoms with van der Waals surface area (Å²) in [6.45, 7) is 0.0564. The quantitative estimate of drug-likeness (QED) is 0.697. The fourth-order valence-corrected chi connectivity index (χ4v) is 1.88. The molecule has 2 aromatic rings. The number of carbonyl (C=O) groups is 1. The zero-order valence-corrected chi connectivity index (χ0v) is 11.3. The molecule has 0 aliphatic carbocycles. The van der Waals surface area contributed by atoms with Gasteiger partial charge in [-0.25, -0.2) is 4.79 Å². The normalized spacial score (nSPS) is 10.2. The minimum atomic E-state index is -0.530. The van der Waals surface area contributed by atoms with Gasteiger partial charge in [-0.1, -0.05) is 23.2 Å². The average molecular weight is 297 g/mol. The highest BCUT2D eigenvalue weighted by atomic mass is 35.5. The van der Waals surface area contributed by atoms with E-state index in [1.54, 1.807) is 18.3 Å². The molecule has 0 bridgehead atoms. The summed E-state index contributed by atoms with van der Waals surface area (Å²) in [4.78, 5) is 15.7. The monoisotopic (exact) mass is 296 g/mol. The van der Waals surface area contributed by atoms with Crippen molar-refractivity contribution in [2.75, 3.05) is 5.73 Å². The summed E-state index contributed by atoms with van der Waals surface area (Å²) in [7, 11) is 0. The number of hydrogen-bond acceptors (Lipinski definition) is 4. The van der Waals surface area contributed by atoms with Crippen molar-refractivity contribution in [2.45, 2.75) is 6.61 Å². The second kappa shape index (κ2) is 5.91. The van der Waals surface area contributed by atoms with Gasteiger partial charge in [-0.3, -0.25) is 4.98 Å². The molecule has 0 aliphatic rings. The molecule has 0 saturated carbocycles. The first kappa shape index (κ1) is 13.6. The van der Waals surface area contributed by atoms with Gasteiger partial charge < -0.3 is 10.5 Å². The minimum absolute atomic E-state index is 0.0564. The lowest BCUT2D eigenvalue weighted by Crippen LogP contribution is -2.06. The van der Waals surface area contributed by atoms with Crippen molar-refractivity contribution in [1.29, 1.82) is 0 Å². The van der Waals surface area contributed by atoms with Crippen LogP contribution in [0.25, 0.3) is 0 Å². The summed E-state index contributed by atoms with van der Waals surface area (Å²) >= 11 is 11.8. The maximum absolute atomic E-state index is 11.9. The SMILES string of the molecule is Nc1ccc(C(=O)OCc2ccncc2Cl)c(Cl)c1. The molecule has 2 N–H and O–H groups in total. The Morgan fingerprint density at radius 3 is 2.74 bits per heavy atom. The van der Waals surface area contributed by atoms with Crippen LogP contribution in [0.2, 0.25) is 10.0 Å². The van der Waals surface area contributed by atoms with Gasteiger partial charge in [-0.2, -0.15) is 0 Å². The van der Waals surface area contributed by atoms with Crippen LogP contribution < -0.4 is 5.73 Å². The number of esters is 1. The molecule has 4 nitrogen and oxygen atoms in total. The van der Waals surface area contributed by atoms with E-state index < -0.39 is 5.97 Å². The van der Waals surface area contributed by atoms with Gasteiger partial charge in [-0.05, 0) is 24.3 Å². The Balaban J connectivity index is 2.08. The molecule has 98 valence electrons. The Bertz CT molecular complexity index is 617. The predicted octanol–water partition coefficient (Wildman–Crippen LogP) is 3.33. The van der Waals surface area contributed by atoms with E-state index in [0.717, 1.165) is 0 Å². The van der Waals surface area contributed by atoms with E-state index >= 15 is 0 Å². The standard InChI is InChI=1S/C13H10Cl2N2O2/c14-11-5-9(16)1-2-10(11)13(18)19-7-8-3-4-17-6-12(8)15/h1-6H,7,16H2. The Hall–Kier alpha value is -1.78. The molecule has 0 fully saturated rings. The van der Waals surface area contributed by atoms with E-state index in [4.69, 9.17) is 33.7 Å². The Labute approximate surface area is 120 Å². The van der Waals surface area contributed by atoms with Crippen LogP contribution >= 0.6 is 23.2 Å². The van der Waals surface area contributed by atoms with Gasteiger partial charge in [0.05, 0.1) is 15.6 Å². The van der Waals surface area contributed by atoms with Crippen molar-refractivity contribution in [1.82, 2.24) is 4.98 Å². The Kier molecular flexibility index (Phi) is 4.24. The second-order valence-corrected chi connectivity index (χ2v) is 4.60. The number of pyridine rings is 1. The molecule has 1 aromatic carbocycles. The molecular formula is C13H10Cl2N2O2. The summed E-state index contributed by atoms with van der Waals surface area (Å²) < 4.78 is 5.14. The van der Waals surface area contributed by atoms with Gasteiger partial charge in [0.15, 0.2) is 0 Å². The summed E-state index contributed by atoms with van der Waals surface area (Å²) in [5, 5.41) is 0.699. The van der Waals surface area contributed by atoms with E-state index in [1.807, 2.05) is 0 Å². The smallest absolute Gasteiger partial charge is 0.339 e. The van der Waals surface area contributed by atoms with Gasteiger partial charge in [-0.15, -0.1) is 0 Å². The zero-order valence-electron chi connectivity index (χ0n) is 9.77. The summed E-state index contributed by atoms with van der Waals surface area (Å²) in [6.07, 6.45) is 3.06. The van der Waals surface area contributed by atoms with E-state index in [-0.39, 0.29) is 17.2 Å². The molecule has 0 atom stereocenters. The van der Waals surface area contributed by atoms with Crippen LogP contribution in [0.4, 0.5) is 5.69 Å². The van der Waals surface area contributed by atoms with Gasteiger partial charge in [0.25, 0.3) is 0 Å². The van der Waals surface area contributed by atoms with Crippen molar-refractivity contribution in [3.8, 4) is 0 Å². The topological polar surface area (TPSA) is 65.2 Å². The molecule has 6 heteroatoms. The number of nitrogen functional groups attached to an aromatic ring is 1. The summed E-state index contributed by atoms with van der Waals surface area (Å²) in [5.41, 5.74) is 6.98. The second-order valence-electron chi connectivity index (χ2n) is 3.78. The van der Waals surface area contributed by atoms with Crippen LogP contribution in [-0.4, -0.2) is 11.0 Å². The van der Waals surface area contributed by atoms with E-state index in [2.05, 4.69) is 4.98 Å². The number of anilines is 1. The maximum atomic E-state index is 11.9. The largest absolute Gasteiger partial charge is 0.457 e. The first-order valence-corrected chi connectivity index (χ1v) is 6.14. The van der Waals surface area contributed by atoms with Crippen molar-refractivity contribution in [2.24, 2.45) is 0 Å². The molecule has 0 amide bonds. The highest BCUT2D eigenvalue weighted by Crippen LogP contribution is 2.21. The van der Waals surface area contributed by atoms with Gasteiger partial charge in [0.1, 0.15) is 6.61 Å². The van der Waals surface area contributed by atoms with Crippen molar-refractivity contribution in [3.63, 3.8) is 0 Å². The van der Waals surface area contributed by atoms with Crippen LogP contribution in [0.1, 0.15) is 15.9 Å². The summed E-state index contributed by atoms with van der Waals surface area (Å²) in [5.74, 6) is -0.530. The number of rotatable bonds is 3. The number of nitrogens with two attached hydrogens (primary N) is 1. The third-order valence-corrected chi connectivity index (χ3v) is 3.08. The van der Waals surface area contributed by atoms with E-state index in [9.17, 15) is 4.79 Å². The third-order valence-electron chi connectivity index (χ3n) is 2.43. The van der Waals surface area contributed by atoms with E-state index in [0.29, 0.717) is 16.3 Å². The van der Waals surface area contributed by atoms with Crippen molar-refractivity contribution < 1.29 is 9.53 Å². The molecular weight excluding hydrogens is 287 g/mol. The summed E-state index contributed by atoms with van der Waals surface area (Å²) in [6, 6.07) is 6.29. The molecule has 0 radical (unpaired) electrons. The lowest BCUT2D eigenvalue weighted by Gasteiger charge is -2.07. The van der Waals surface area contributed by atoms with E-state index in [1.165, 1.54) is 18.3 Å². The highest BCUT2D eigenvalue weighted by Gasteiger charge is 2.12. The molecule has 0 unspecified atom stereocenters. The number of aromatic nitrogens is 1. The maximum Gasteiger partial charge on any atom is 0.339 e. The molecule has 1 heterocycles. The van der Waals surface area contributed by atoms with Crippen LogP contribution in [0.15, 0.2) is 36.7 Å². The highest BCUT2D eigenvalue weighted by molar-refractivity contribution is 6.33. The number of halogens is 2. The first-order valence-electron chi connectivity index (χ1n) is 5.38. The molecule has 1 aromatic heterocycles. The van der Waals surface area contributed by atoms with Crippen LogP contribution in [0, 0.1) is 0 Å². The number of nitrogens with zero attached hydrogens (tertiary/aromatic N) is 1. The number of benzene rings is 1. The van der Waals surface area contributed by atoms with Crippen LogP contribution in [0.3, 0.4) is 0 Å². The fourth-order valence-electron chi connectivity index (χ4n) is 1.44. The van der Waals surface area contributed by atoms with Gasteiger partial charge in [0.2, 0.25) is 0 Å². The van der Waals surface area contributed by atoms with Crippen LogP contribution in [-0.2, 0) is 11.3 Å². The molecule has 19 heavy (non-hydrogen) atoms. The molecule has 2 rings (SSSR count). The molecule has 0 aliphatic heterocycles. The Morgan fingerprint density at radius 1 is 1.26 bits per heavy atom.